The predicted octanol–water partition coefficient (Wildman–Crippen LogP) is 2.33. The summed E-state index contributed by atoms with van der Waals surface area (Å²) in [5, 5.41) is 0. The highest BCUT2D eigenvalue weighted by Gasteiger charge is 1.95. The minimum absolute atomic E-state index is 0.324. The van der Waals surface area contributed by atoms with Crippen LogP contribution >= 0.6 is 0 Å². The van der Waals surface area contributed by atoms with Crippen LogP contribution in [0.3, 0.4) is 0 Å². The monoisotopic (exact) mass is 336 g/mol. The molecule has 0 atom stereocenters. The fourth-order valence-corrected chi connectivity index (χ4v) is 1.83. The molecule has 0 aromatic heterocycles. The Morgan fingerprint density at radius 3 is 1.75 bits per heavy atom. The van der Waals surface area contributed by atoms with Gasteiger partial charge in [0.2, 0.25) is 0 Å². The largest absolute Gasteiger partial charge is 0.491 e. The van der Waals surface area contributed by atoms with E-state index in [1.165, 1.54) is 5.56 Å². The summed E-state index contributed by atoms with van der Waals surface area (Å²) < 4.78 is 26.8. The number of terminal acetylenes is 1. The average molecular weight is 336 g/mol. The van der Waals surface area contributed by atoms with Crippen LogP contribution in [0.1, 0.15) is 12.5 Å². The number of rotatable bonds is 15. The first kappa shape index (κ1) is 20.5. The summed E-state index contributed by atoms with van der Waals surface area (Å²) in [7, 11) is 0. The minimum Gasteiger partial charge on any atom is -0.491 e. The molecule has 0 saturated heterocycles. The SMILES string of the molecule is C#CCOCCOCCOCCOCCOc1ccc(CC)cc1. The van der Waals surface area contributed by atoms with E-state index in [0.29, 0.717) is 59.5 Å². The molecule has 5 nitrogen and oxygen atoms in total. The Labute approximate surface area is 145 Å². The van der Waals surface area contributed by atoms with Gasteiger partial charge in [0.15, 0.2) is 0 Å². The third-order valence-corrected chi connectivity index (χ3v) is 3.13. The van der Waals surface area contributed by atoms with Crippen LogP contribution < -0.4 is 4.74 Å². The topological polar surface area (TPSA) is 46.2 Å². The van der Waals surface area contributed by atoms with Crippen LogP contribution in [0.4, 0.5) is 0 Å². The molecule has 0 unspecified atom stereocenters. The zero-order valence-electron chi connectivity index (χ0n) is 14.5. The van der Waals surface area contributed by atoms with E-state index in [0.717, 1.165) is 12.2 Å². The van der Waals surface area contributed by atoms with Crippen LogP contribution in [-0.4, -0.2) is 59.5 Å². The Morgan fingerprint density at radius 2 is 1.25 bits per heavy atom. The summed E-state index contributed by atoms with van der Waals surface area (Å²) in [5.74, 6) is 3.27. The molecule has 0 radical (unpaired) electrons. The predicted molar refractivity (Wildman–Crippen MR) is 93.4 cm³/mol. The minimum atomic E-state index is 0.324. The molecular weight excluding hydrogens is 308 g/mol. The number of ether oxygens (including phenoxy) is 5. The maximum atomic E-state index is 5.60. The van der Waals surface area contributed by atoms with Gasteiger partial charge in [-0.2, -0.15) is 0 Å². The molecule has 1 aromatic carbocycles. The molecule has 134 valence electrons. The summed E-state index contributed by atoms with van der Waals surface area (Å²) in [5.41, 5.74) is 1.31. The summed E-state index contributed by atoms with van der Waals surface area (Å²) in [6.07, 6.45) is 6.09. The van der Waals surface area contributed by atoms with Crippen LogP contribution in [-0.2, 0) is 25.4 Å². The molecule has 0 N–H and O–H groups in total. The van der Waals surface area contributed by atoms with E-state index < -0.39 is 0 Å². The van der Waals surface area contributed by atoms with Crippen molar-refractivity contribution < 1.29 is 23.7 Å². The van der Waals surface area contributed by atoms with Gasteiger partial charge in [-0.3, -0.25) is 0 Å². The molecule has 0 spiro atoms. The van der Waals surface area contributed by atoms with Crippen molar-refractivity contribution in [1.29, 1.82) is 0 Å². The van der Waals surface area contributed by atoms with E-state index in [4.69, 9.17) is 30.1 Å². The first-order chi connectivity index (χ1) is 11.9. The maximum absolute atomic E-state index is 5.60. The number of benzene rings is 1. The molecule has 0 bridgehead atoms. The third kappa shape index (κ3) is 11.0. The summed E-state index contributed by atoms with van der Waals surface area (Å²) >= 11 is 0. The standard InChI is InChI=1S/C19H28O5/c1-3-9-20-10-11-21-12-13-22-14-15-23-16-17-24-19-7-5-18(4-2)6-8-19/h1,5-8H,4,9-17H2,2H3. The normalized spacial score (nSPS) is 10.5. The van der Waals surface area contributed by atoms with E-state index in [-0.39, 0.29) is 0 Å². The zero-order valence-corrected chi connectivity index (χ0v) is 14.5. The van der Waals surface area contributed by atoms with Gasteiger partial charge in [-0.15, -0.1) is 6.42 Å². The molecule has 0 aliphatic heterocycles. The summed E-state index contributed by atoms with van der Waals surface area (Å²) in [6.45, 7) is 6.74. The van der Waals surface area contributed by atoms with Gasteiger partial charge in [0, 0.05) is 0 Å². The molecule has 24 heavy (non-hydrogen) atoms. The lowest BCUT2D eigenvalue weighted by Crippen LogP contribution is -2.13. The Kier molecular flexibility index (Phi) is 12.8. The zero-order chi connectivity index (χ0) is 17.3. The van der Waals surface area contributed by atoms with Crippen molar-refractivity contribution in [2.75, 3.05) is 59.5 Å². The van der Waals surface area contributed by atoms with Crippen molar-refractivity contribution in [2.24, 2.45) is 0 Å². The van der Waals surface area contributed by atoms with Gasteiger partial charge in [-0.25, -0.2) is 0 Å². The van der Waals surface area contributed by atoms with Crippen LogP contribution in [0, 0.1) is 12.3 Å². The van der Waals surface area contributed by atoms with E-state index in [1.807, 2.05) is 12.1 Å². The Hall–Kier alpha value is -1.58. The van der Waals surface area contributed by atoms with Crippen molar-refractivity contribution in [3.8, 4) is 18.1 Å². The molecule has 0 aliphatic rings. The van der Waals surface area contributed by atoms with Crippen LogP contribution in [0.15, 0.2) is 24.3 Å². The molecule has 0 saturated carbocycles. The average Bonchev–Trinajstić information content (AvgIpc) is 2.62. The molecule has 1 aromatic rings. The van der Waals surface area contributed by atoms with Crippen LogP contribution in [0.2, 0.25) is 0 Å². The highest BCUT2D eigenvalue weighted by molar-refractivity contribution is 5.27. The number of aryl methyl sites for hydroxylation is 1. The molecule has 0 amide bonds. The Balaban J connectivity index is 1.81. The smallest absolute Gasteiger partial charge is 0.119 e. The van der Waals surface area contributed by atoms with Gasteiger partial charge >= 0.3 is 0 Å². The Morgan fingerprint density at radius 1 is 0.750 bits per heavy atom. The molecule has 0 heterocycles. The second-order valence-corrected chi connectivity index (χ2v) is 4.94. The van der Waals surface area contributed by atoms with Crippen molar-refractivity contribution >= 4 is 0 Å². The van der Waals surface area contributed by atoms with Crippen LogP contribution in [0.25, 0.3) is 0 Å². The molecule has 5 heteroatoms. The molecular formula is C19H28O5. The van der Waals surface area contributed by atoms with E-state index in [2.05, 4.69) is 25.0 Å². The van der Waals surface area contributed by atoms with Gasteiger partial charge in [-0.05, 0) is 24.1 Å². The highest BCUT2D eigenvalue weighted by atomic mass is 16.6. The van der Waals surface area contributed by atoms with Gasteiger partial charge in [0.25, 0.3) is 0 Å². The number of hydrogen-bond acceptors (Lipinski definition) is 5. The highest BCUT2D eigenvalue weighted by Crippen LogP contribution is 2.12. The van der Waals surface area contributed by atoms with Gasteiger partial charge in [0.05, 0.1) is 46.2 Å². The van der Waals surface area contributed by atoms with Gasteiger partial charge in [-0.1, -0.05) is 25.0 Å². The second kappa shape index (κ2) is 15.0. The van der Waals surface area contributed by atoms with Crippen molar-refractivity contribution in [3.63, 3.8) is 0 Å². The summed E-state index contributed by atoms with van der Waals surface area (Å²) in [4.78, 5) is 0. The van der Waals surface area contributed by atoms with Crippen molar-refractivity contribution in [1.82, 2.24) is 0 Å². The molecule has 0 fully saturated rings. The first-order valence-corrected chi connectivity index (χ1v) is 8.33. The summed E-state index contributed by atoms with van der Waals surface area (Å²) in [6, 6.07) is 8.12. The fraction of sp³-hybridized carbons (Fsp3) is 0.579. The van der Waals surface area contributed by atoms with E-state index in [1.54, 1.807) is 0 Å². The quantitative estimate of drug-likeness (QED) is 0.363. The first-order valence-electron chi connectivity index (χ1n) is 8.33. The lowest BCUT2D eigenvalue weighted by molar-refractivity contribution is -0.00187. The fourth-order valence-electron chi connectivity index (χ4n) is 1.83. The van der Waals surface area contributed by atoms with Crippen molar-refractivity contribution in [2.45, 2.75) is 13.3 Å². The maximum Gasteiger partial charge on any atom is 0.119 e. The van der Waals surface area contributed by atoms with E-state index >= 15 is 0 Å². The third-order valence-electron chi connectivity index (χ3n) is 3.13. The van der Waals surface area contributed by atoms with Crippen molar-refractivity contribution in [3.05, 3.63) is 29.8 Å². The van der Waals surface area contributed by atoms with Gasteiger partial charge in [0.1, 0.15) is 19.0 Å². The van der Waals surface area contributed by atoms with Gasteiger partial charge < -0.3 is 23.7 Å². The lowest BCUT2D eigenvalue weighted by Gasteiger charge is -2.08. The lowest BCUT2D eigenvalue weighted by atomic mass is 10.2. The van der Waals surface area contributed by atoms with Crippen LogP contribution in [0.5, 0.6) is 5.75 Å². The Bertz CT molecular complexity index is 438. The number of hydrogen-bond donors (Lipinski definition) is 0. The van der Waals surface area contributed by atoms with E-state index in [9.17, 15) is 0 Å². The molecule has 1 rings (SSSR count). The second-order valence-electron chi connectivity index (χ2n) is 4.94. The molecule has 0 aliphatic carbocycles.